The predicted octanol–water partition coefficient (Wildman–Crippen LogP) is 3.24. The van der Waals surface area contributed by atoms with E-state index >= 15 is 0 Å². The van der Waals surface area contributed by atoms with Crippen LogP contribution in [0.15, 0.2) is 83.8 Å². The fourth-order valence-electron chi connectivity index (χ4n) is 2.97. The zero-order chi connectivity index (χ0) is 20.1. The Balaban J connectivity index is 2.09. The Labute approximate surface area is 163 Å². The van der Waals surface area contributed by atoms with Crippen molar-refractivity contribution in [3.05, 3.63) is 95.6 Å². The highest BCUT2D eigenvalue weighted by atomic mass is 32.2. The van der Waals surface area contributed by atoms with Crippen molar-refractivity contribution in [3.63, 3.8) is 0 Å². The van der Waals surface area contributed by atoms with Crippen LogP contribution < -0.4 is 10.0 Å². The summed E-state index contributed by atoms with van der Waals surface area (Å²) in [7, 11) is -4.12. The van der Waals surface area contributed by atoms with Crippen LogP contribution in [0.5, 0.6) is 0 Å². The van der Waals surface area contributed by atoms with Crippen LogP contribution in [-0.2, 0) is 23.1 Å². The van der Waals surface area contributed by atoms with Gasteiger partial charge in [-0.25, -0.2) is 18.4 Å². The molecule has 0 bridgehead atoms. The quantitative estimate of drug-likeness (QED) is 0.638. The molecule has 0 heterocycles. The normalized spacial score (nSPS) is 11.2. The van der Waals surface area contributed by atoms with Crippen molar-refractivity contribution in [2.45, 2.75) is 18.0 Å². The highest BCUT2D eigenvalue weighted by molar-refractivity contribution is 7.89. The molecule has 0 aliphatic heterocycles. The van der Waals surface area contributed by atoms with E-state index in [1.54, 1.807) is 0 Å². The maximum atomic E-state index is 12.2. The summed E-state index contributed by atoms with van der Waals surface area (Å²) in [6.07, 6.45) is 0. The molecule has 28 heavy (non-hydrogen) atoms. The van der Waals surface area contributed by atoms with Gasteiger partial charge in [-0.1, -0.05) is 60.7 Å². The van der Waals surface area contributed by atoms with Crippen LogP contribution in [0, 0.1) is 0 Å². The largest absolute Gasteiger partial charge is 0.478 e. The topological polar surface area (TPSA) is 101 Å². The van der Waals surface area contributed by atoms with Crippen molar-refractivity contribution < 1.29 is 18.3 Å². The average molecular weight is 396 g/mol. The highest BCUT2D eigenvalue weighted by Crippen LogP contribution is 2.29. The van der Waals surface area contributed by atoms with E-state index in [1.165, 1.54) is 12.1 Å². The Hall–Kier alpha value is -3.16. The van der Waals surface area contributed by atoms with Gasteiger partial charge in [0.25, 0.3) is 0 Å². The lowest BCUT2D eigenvalue weighted by Crippen LogP contribution is -2.26. The first-order valence-electron chi connectivity index (χ1n) is 8.57. The molecular weight excluding hydrogens is 376 g/mol. The summed E-state index contributed by atoms with van der Waals surface area (Å²) in [6, 6.07) is 23.2. The molecular formula is C21H20N2O4S. The number of hydrogen-bond donors (Lipinski definition) is 2. The Morgan fingerprint density at radius 1 is 0.857 bits per heavy atom. The summed E-state index contributed by atoms with van der Waals surface area (Å²) in [4.78, 5) is 13.0. The smallest absolute Gasteiger partial charge is 0.335 e. The summed E-state index contributed by atoms with van der Waals surface area (Å²) < 4.78 is 24.4. The summed E-state index contributed by atoms with van der Waals surface area (Å²) in [5, 5.41) is 14.6. The van der Waals surface area contributed by atoms with Crippen molar-refractivity contribution >= 4 is 21.7 Å². The van der Waals surface area contributed by atoms with Crippen LogP contribution in [0.2, 0.25) is 0 Å². The van der Waals surface area contributed by atoms with Crippen LogP contribution in [0.25, 0.3) is 0 Å². The number of aromatic carboxylic acids is 1. The molecule has 0 saturated heterocycles. The van der Waals surface area contributed by atoms with Gasteiger partial charge < -0.3 is 10.0 Å². The fraction of sp³-hybridized carbons (Fsp3) is 0.0952. The van der Waals surface area contributed by atoms with Gasteiger partial charge in [0.15, 0.2) is 0 Å². The van der Waals surface area contributed by atoms with Gasteiger partial charge in [-0.05, 0) is 29.3 Å². The number of nitrogens with two attached hydrogens (primary N) is 1. The molecule has 3 aromatic rings. The van der Waals surface area contributed by atoms with E-state index in [2.05, 4.69) is 0 Å². The monoisotopic (exact) mass is 396 g/mol. The fourth-order valence-corrected chi connectivity index (χ4v) is 3.75. The summed E-state index contributed by atoms with van der Waals surface area (Å²) >= 11 is 0. The second-order valence-electron chi connectivity index (χ2n) is 6.36. The van der Waals surface area contributed by atoms with Gasteiger partial charge in [0.05, 0.1) is 11.3 Å². The van der Waals surface area contributed by atoms with Gasteiger partial charge >= 0.3 is 5.97 Å². The molecule has 0 aromatic heterocycles. The lowest BCUT2D eigenvalue weighted by atomic mass is 10.1. The van der Waals surface area contributed by atoms with Gasteiger partial charge in [0.2, 0.25) is 10.0 Å². The number of rotatable bonds is 7. The Bertz CT molecular complexity index is 1030. The number of sulfonamides is 1. The first-order chi connectivity index (χ1) is 13.3. The second kappa shape index (κ2) is 8.24. The van der Waals surface area contributed by atoms with Crippen molar-refractivity contribution in [3.8, 4) is 0 Å². The zero-order valence-electron chi connectivity index (χ0n) is 15.0. The molecule has 0 aliphatic carbocycles. The number of primary sulfonamides is 1. The molecule has 0 amide bonds. The standard InChI is InChI=1S/C21H20N2O4S/c22-28(26,27)20-13-18(21(24)25)11-12-19(20)23(14-16-7-3-1-4-8-16)15-17-9-5-2-6-10-17/h1-13H,14-15H2,(H,24,25)(H2,22,26,27). The minimum atomic E-state index is -4.12. The molecule has 0 unspecified atom stereocenters. The molecule has 3 rings (SSSR count). The minimum Gasteiger partial charge on any atom is -0.478 e. The molecule has 0 fully saturated rings. The first-order valence-corrected chi connectivity index (χ1v) is 10.1. The van der Waals surface area contributed by atoms with Gasteiger partial charge in [-0.3, -0.25) is 0 Å². The van der Waals surface area contributed by atoms with Crippen LogP contribution in [0.4, 0.5) is 5.69 Å². The number of nitrogens with zero attached hydrogens (tertiary/aromatic N) is 1. The molecule has 0 saturated carbocycles. The molecule has 7 heteroatoms. The average Bonchev–Trinajstić information content (AvgIpc) is 2.68. The van der Waals surface area contributed by atoms with Gasteiger partial charge in [0, 0.05) is 13.1 Å². The number of carboxylic acid groups (broad SMARTS) is 1. The molecule has 0 spiro atoms. The first kappa shape index (κ1) is 19.6. The van der Waals surface area contributed by atoms with E-state index < -0.39 is 16.0 Å². The van der Waals surface area contributed by atoms with Crippen molar-refractivity contribution in [1.82, 2.24) is 0 Å². The maximum Gasteiger partial charge on any atom is 0.335 e. The van der Waals surface area contributed by atoms with E-state index in [-0.39, 0.29) is 10.5 Å². The Kier molecular flexibility index (Phi) is 5.77. The Morgan fingerprint density at radius 3 is 1.79 bits per heavy atom. The lowest BCUT2D eigenvalue weighted by molar-refractivity contribution is 0.0696. The van der Waals surface area contributed by atoms with E-state index in [4.69, 9.17) is 5.14 Å². The predicted molar refractivity (Wildman–Crippen MR) is 108 cm³/mol. The van der Waals surface area contributed by atoms with E-state index in [1.807, 2.05) is 65.6 Å². The third-order valence-electron chi connectivity index (χ3n) is 4.29. The van der Waals surface area contributed by atoms with Gasteiger partial charge in [-0.15, -0.1) is 0 Å². The molecule has 0 radical (unpaired) electrons. The van der Waals surface area contributed by atoms with Gasteiger partial charge in [-0.2, -0.15) is 0 Å². The van der Waals surface area contributed by atoms with Crippen LogP contribution in [-0.4, -0.2) is 19.5 Å². The minimum absolute atomic E-state index is 0.132. The number of benzene rings is 3. The molecule has 144 valence electrons. The van der Waals surface area contributed by atoms with Crippen molar-refractivity contribution in [1.29, 1.82) is 0 Å². The molecule has 3 aromatic carbocycles. The molecule has 0 atom stereocenters. The summed E-state index contributed by atoms with van der Waals surface area (Å²) in [5.41, 5.74) is 2.20. The van der Waals surface area contributed by atoms with Gasteiger partial charge in [0.1, 0.15) is 4.90 Å². The maximum absolute atomic E-state index is 12.2. The second-order valence-corrected chi connectivity index (χ2v) is 7.89. The number of hydrogen-bond acceptors (Lipinski definition) is 4. The highest BCUT2D eigenvalue weighted by Gasteiger charge is 2.21. The van der Waals surface area contributed by atoms with E-state index in [0.717, 1.165) is 17.2 Å². The molecule has 6 nitrogen and oxygen atoms in total. The molecule has 0 aliphatic rings. The number of carboxylic acids is 1. The van der Waals surface area contributed by atoms with Crippen LogP contribution in [0.1, 0.15) is 21.5 Å². The van der Waals surface area contributed by atoms with E-state index in [9.17, 15) is 18.3 Å². The van der Waals surface area contributed by atoms with Crippen LogP contribution in [0.3, 0.4) is 0 Å². The summed E-state index contributed by atoms with van der Waals surface area (Å²) in [6.45, 7) is 0.870. The number of carbonyl (C=O) groups is 1. The van der Waals surface area contributed by atoms with Crippen LogP contribution >= 0.6 is 0 Å². The third-order valence-corrected chi connectivity index (χ3v) is 5.23. The SMILES string of the molecule is NS(=O)(=O)c1cc(C(=O)O)ccc1N(Cc1ccccc1)Cc1ccccc1. The van der Waals surface area contributed by atoms with E-state index in [0.29, 0.717) is 18.8 Å². The zero-order valence-corrected chi connectivity index (χ0v) is 15.8. The Morgan fingerprint density at radius 2 is 1.36 bits per heavy atom. The van der Waals surface area contributed by atoms with Crippen molar-refractivity contribution in [2.24, 2.45) is 5.14 Å². The van der Waals surface area contributed by atoms with Crippen molar-refractivity contribution in [2.75, 3.05) is 4.90 Å². The summed E-state index contributed by atoms with van der Waals surface area (Å²) in [5.74, 6) is -1.21. The third kappa shape index (κ3) is 4.76. The number of anilines is 1. The lowest BCUT2D eigenvalue weighted by Gasteiger charge is -2.27. The molecule has 3 N–H and O–H groups in total.